The van der Waals surface area contributed by atoms with Gasteiger partial charge in [0.05, 0.1) is 0 Å². The van der Waals surface area contributed by atoms with Gasteiger partial charge in [0, 0.05) is 20.1 Å². The van der Waals surface area contributed by atoms with E-state index in [-0.39, 0.29) is 11.2 Å². The van der Waals surface area contributed by atoms with Crippen molar-refractivity contribution in [3.05, 3.63) is 86.8 Å². The van der Waals surface area contributed by atoms with Crippen molar-refractivity contribution in [2.45, 2.75) is 26.9 Å². The minimum atomic E-state index is -0.317. The smallest absolute Gasteiger partial charge is 0.322 e. The van der Waals surface area contributed by atoms with E-state index in [2.05, 4.69) is 29.2 Å². The fourth-order valence-electron chi connectivity index (χ4n) is 3.68. The van der Waals surface area contributed by atoms with Crippen LogP contribution >= 0.6 is 0 Å². The summed E-state index contributed by atoms with van der Waals surface area (Å²) in [5.41, 5.74) is 3.61. The normalized spacial score (nSPS) is 11.6. The third-order valence-corrected chi connectivity index (χ3v) is 5.35. The number of benzene rings is 2. The molecule has 0 spiro atoms. The monoisotopic (exact) mass is 400 g/mol. The summed E-state index contributed by atoms with van der Waals surface area (Å²) in [6, 6.07) is 18.5. The highest BCUT2D eigenvalue weighted by atomic mass is 16.2. The van der Waals surface area contributed by atoms with Gasteiger partial charge in [-0.3, -0.25) is 13.9 Å². The summed E-state index contributed by atoms with van der Waals surface area (Å²) in [6.07, 6.45) is 3.83. The van der Waals surface area contributed by atoms with Crippen molar-refractivity contribution < 1.29 is 0 Å². The lowest BCUT2D eigenvalue weighted by molar-refractivity contribution is 0.604. The maximum Gasteiger partial charge on any atom is 0.332 e. The fraction of sp³-hybridized carbons (Fsp3) is 0.208. The average Bonchev–Trinajstić information content (AvgIpc) is 3.10. The second-order valence-corrected chi connectivity index (χ2v) is 7.10. The summed E-state index contributed by atoms with van der Waals surface area (Å²) in [7, 11) is 1.80. The molecular formula is C24H24N4O2. The number of fused-ring (bicyclic) bond motifs is 1. The van der Waals surface area contributed by atoms with Crippen molar-refractivity contribution in [3.8, 4) is 11.1 Å². The Labute approximate surface area is 174 Å². The van der Waals surface area contributed by atoms with Gasteiger partial charge in [0.25, 0.3) is 5.56 Å². The maximum absolute atomic E-state index is 12.8. The van der Waals surface area contributed by atoms with E-state index in [1.165, 1.54) is 10.1 Å². The van der Waals surface area contributed by atoms with E-state index in [0.29, 0.717) is 30.1 Å². The van der Waals surface area contributed by atoms with E-state index in [1.54, 1.807) is 23.1 Å². The average molecular weight is 400 g/mol. The molecule has 0 saturated carbocycles. The molecule has 2 aromatic carbocycles. The van der Waals surface area contributed by atoms with Gasteiger partial charge in [-0.25, -0.2) is 9.78 Å². The summed E-state index contributed by atoms with van der Waals surface area (Å²) >= 11 is 0. The molecule has 0 unspecified atom stereocenters. The van der Waals surface area contributed by atoms with Crippen molar-refractivity contribution in [1.82, 2.24) is 18.7 Å². The topological polar surface area (TPSA) is 61.8 Å². The Morgan fingerprint density at radius 1 is 0.833 bits per heavy atom. The lowest BCUT2D eigenvalue weighted by Crippen LogP contribution is -2.39. The number of hydrogen-bond donors (Lipinski definition) is 0. The van der Waals surface area contributed by atoms with Gasteiger partial charge in [0.15, 0.2) is 11.2 Å². The van der Waals surface area contributed by atoms with Crippen LogP contribution in [0, 0.1) is 0 Å². The quantitative estimate of drug-likeness (QED) is 0.512. The van der Waals surface area contributed by atoms with E-state index in [9.17, 15) is 9.59 Å². The van der Waals surface area contributed by atoms with E-state index in [1.807, 2.05) is 49.4 Å². The van der Waals surface area contributed by atoms with Crippen LogP contribution < -0.4 is 11.2 Å². The molecule has 6 nitrogen and oxygen atoms in total. The number of aromatic nitrogens is 4. The number of hydrogen-bond acceptors (Lipinski definition) is 3. The zero-order valence-electron chi connectivity index (χ0n) is 17.4. The first-order chi connectivity index (χ1) is 14.5. The van der Waals surface area contributed by atoms with Crippen LogP contribution in [0.1, 0.15) is 25.2 Å². The molecule has 0 amide bonds. The number of rotatable bonds is 5. The highest BCUT2D eigenvalue weighted by molar-refractivity contribution is 5.77. The molecule has 0 radical (unpaired) electrons. The van der Waals surface area contributed by atoms with Crippen LogP contribution in [0.2, 0.25) is 0 Å². The molecule has 0 aliphatic heterocycles. The summed E-state index contributed by atoms with van der Waals surface area (Å²) in [6.45, 7) is 4.46. The van der Waals surface area contributed by atoms with Crippen molar-refractivity contribution in [2.24, 2.45) is 7.05 Å². The molecule has 0 fully saturated rings. The van der Waals surface area contributed by atoms with Gasteiger partial charge in [0.1, 0.15) is 5.82 Å². The molecular weight excluding hydrogens is 376 g/mol. The van der Waals surface area contributed by atoms with E-state index >= 15 is 0 Å². The Balaban J connectivity index is 1.73. The Morgan fingerprint density at radius 3 is 2.10 bits per heavy atom. The third-order valence-electron chi connectivity index (χ3n) is 5.35. The molecule has 0 aliphatic rings. The van der Waals surface area contributed by atoms with Gasteiger partial charge in [-0.05, 0) is 36.6 Å². The van der Waals surface area contributed by atoms with E-state index in [4.69, 9.17) is 0 Å². The highest BCUT2D eigenvalue weighted by Gasteiger charge is 2.17. The standard InChI is InChI=1S/C24H24N4O2/c1-4-27-22-21(23(29)28(5-2)24(27)30)26(3)20(25-22)16-13-17-11-14-19(15-12-17)18-9-7-6-8-10-18/h6-16H,4-5H2,1-3H3. The summed E-state index contributed by atoms with van der Waals surface area (Å²) < 4.78 is 4.56. The molecule has 4 rings (SSSR count). The fourth-order valence-corrected chi connectivity index (χ4v) is 3.68. The first-order valence-electron chi connectivity index (χ1n) is 10.1. The second kappa shape index (κ2) is 7.99. The molecule has 2 aromatic heterocycles. The van der Waals surface area contributed by atoms with Gasteiger partial charge in [-0.15, -0.1) is 0 Å². The van der Waals surface area contributed by atoms with Gasteiger partial charge < -0.3 is 4.57 Å². The Bertz CT molecular complexity index is 1340. The molecule has 4 aromatic rings. The molecule has 0 aliphatic carbocycles. The molecule has 0 saturated heterocycles. The van der Waals surface area contributed by atoms with Crippen LogP contribution in [-0.2, 0) is 20.1 Å². The SMILES string of the molecule is CCn1c(=O)c2c(nc(C=Cc3ccc(-c4ccccc4)cc3)n2C)n(CC)c1=O. The van der Waals surface area contributed by atoms with Crippen molar-refractivity contribution in [3.63, 3.8) is 0 Å². The lowest BCUT2D eigenvalue weighted by atomic mass is 10.0. The van der Waals surface area contributed by atoms with Crippen LogP contribution in [0.25, 0.3) is 34.4 Å². The molecule has 0 N–H and O–H groups in total. The molecule has 2 heterocycles. The Hall–Kier alpha value is -3.67. The summed E-state index contributed by atoms with van der Waals surface area (Å²) in [4.78, 5) is 30.0. The molecule has 0 bridgehead atoms. The van der Waals surface area contributed by atoms with Crippen molar-refractivity contribution >= 4 is 23.3 Å². The van der Waals surface area contributed by atoms with Crippen LogP contribution in [-0.4, -0.2) is 18.7 Å². The first kappa shape index (κ1) is 19.6. The Kier molecular flexibility index (Phi) is 5.23. The molecule has 30 heavy (non-hydrogen) atoms. The van der Waals surface area contributed by atoms with E-state index in [0.717, 1.165) is 11.1 Å². The third kappa shape index (κ3) is 3.30. The zero-order valence-corrected chi connectivity index (χ0v) is 17.4. The number of aryl methyl sites for hydroxylation is 2. The maximum atomic E-state index is 12.8. The first-order valence-corrected chi connectivity index (χ1v) is 10.1. The van der Waals surface area contributed by atoms with Crippen molar-refractivity contribution in [1.29, 1.82) is 0 Å². The minimum Gasteiger partial charge on any atom is -0.322 e. The predicted octanol–water partition coefficient (Wildman–Crippen LogP) is 3.77. The van der Waals surface area contributed by atoms with Crippen LogP contribution in [0.15, 0.2) is 64.2 Å². The van der Waals surface area contributed by atoms with Gasteiger partial charge in [-0.2, -0.15) is 0 Å². The largest absolute Gasteiger partial charge is 0.332 e. The second-order valence-electron chi connectivity index (χ2n) is 7.10. The minimum absolute atomic E-state index is 0.302. The Morgan fingerprint density at radius 2 is 1.47 bits per heavy atom. The van der Waals surface area contributed by atoms with E-state index < -0.39 is 0 Å². The van der Waals surface area contributed by atoms with Gasteiger partial charge in [0.2, 0.25) is 0 Å². The summed E-state index contributed by atoms with van der Waals surface area (Å²) in [5.74, 6) is 0.629. The van der Waals surface area contributed by atoms with Crippen molar-refractivity contribution in [2.75, 3.05) is 0 Å². The van der Waals surface area contributed by atoms with Gasteiger partial charge >= 0.3 is 5.69 Å². The molecule has 152 valence electrons. The molecule has 0 atom stereocenters. The lowest BCUT2D eigenvalue weighted by Gasteiger charge is -2.08. The number of nitrogens with zero attached hydrogens (tertiary/aromatic N) is 4. The predicted molar refractivity (Wildman–Crippen MR) is 121 cm³/mol. The molecule has 6 heteroatoms. The van der Waals surface area contributed by atoms with Crippen LogP contribution in [0.4, 0.5) is 0 Å². The van der Waals surface area contributed by atoms with Crippen LogP contribution in [0.5, 0.6) is 0 Å². The number of imidazole rings is 1. The zero-order chi connectivity index (χ0) is 21.3. The highest BCUT2D eigenvalue weighted by Crippen LogP contribution is 2.20. The van der Waals surface area contributed by atoms with Gasteiger partial charge in [-0.1, -0.05) is 60.7 Å². The summed E-state index contributed by atoms with van der Waals surface area (Å²) in [5, 5.41) is 0. The van der Waals surface area contributed by atoms with Crippen LogP contribution in [0.3, 0.4) is 0 Å².